The van der Waals surface area contributed by atoms with E-state index >= 15 is 0 Å². The molecule has 9 heteroatoms. The maximum Gasteiger partial charge on any atom is 0.342 e. The lowest BCUT2D eigenvalue weighted by Crippen LogP contribution is -2.35. The van der Waals surface area contributed by atoms with Gasteiger partial charge in [-0.05, 0) is 0 Å². The molecule has 0 bridgehead atoms. The molecule has 0 aromatic carbocycles. The zero-order chi connectivity index (χ0) is 14.2. The molecule has 1 saturated heterocycles. The Morgan fingerprint density at radius 2 is 2.21 bits per heavy atom. The van der Waals surface area contributed by atoms with Gasteiger partial charge in [0.25, 0.3) is 5.56 Å². The molecule has 1 aromatic heterocycles. The van der Waals surface area contributed by atoms with E-state index < -0.39 is 47.8 Å². The van der Waals surface area contributed by atoms with E-state index in [9.17, 15) is 19.5 Å². The van der Waals surface area contributed by atoms with E-state index in [1.165, 1.54) is 0 Å². The van der Waals surface area contributed by atoms with E-state index in [2.05, 4.69) is 0 Å². The number of nitrogens with one attached hydrogen (secondary N) is 1. The minimum atomic E-state index is -1.48. The van der Waals surface area contributed by atoms with Crippen molar-refractivity contribution >= 4 is 5.97 Å². The summed E-state index contributed by atoms with van der Waals surface area (Å²) in [6, 6.07) is 0. The highest BCUT2D eigenvalue weighted by Gasteiger charge is 2.35. The molecule has 19 heavy (non-hydrogen) atoms. The van der Waals surface area contributed by atoms with E-state index in [4.69, 9.17) is 14.9 Å². The Morgan fingerprint density at radius 1 is 1.53 bits per heavy atom. The molecule has 104 valence electrons. The fourth-order valence-electron chi connectivity index (χ4n) is 1.90. The summed E-state index contributed by atoms with van der Waals surface area (Å²) < 4.78 is 6.09. The summed E-state index contributed by atoms with van der Waals surface area (Å²) in [6.07, 6.45) is -1.88. The van der Waals surface area contributed by atoms with E-state index in [0.717, 1.165) is 10.8 Å². The zero-order valence-corrected chi connectivity index (χ0v) is 9.65. The maximum atomic E-state index is 11.6. The van der Waals surface area contributed by atoms with Crippen molar-refractivity contribution in [2.45, 2.75) is 24.9 Å². The largest absolute Gasteiger partial charge is 0.477 e. The summed E-state index contributed by atoms with van der Waals surface area (Å²) >= 11 is 0. The van der Waals surface area contributed by atoms with Crippen molar-refractivity contribution < 1.29 is 24.9 Å². The smallest absolute Gasteiger partial charge is 0.342 e. The molecule has 9 nitrogen and oxygen atoms in total. The van der Waals surface area contributed by atoms with Crippen LogP contribution >= 0.6 is 0 Å². The van der Waals surface area contributed by atoms with Gasteiger partial charge < -0.3 is 20.1 Å². The second-order valence-electron chi connectivity index (χ2n) is 4.13. The number of ether oxygens (including phenoxy) is 1. The average Bonchev–Trinajstić information content (AvgIpc) is 2.69. The zero-order valence-electron chi connectivity index (χ0n) is 9.65. The SMILES string of the molecule is O=C(O)c1cn([C@H]2CC(O)[C@@H](CO)O2)c(=O)[nH]c1=O. The number of aliphatic hydroxyl groups is 2. The normalized spacial score (nSPS) is 26.5. The second-order valence-corrected chi connectivity index (χ2v) is 4.13. The second kappa shape index (κ2) is 4.96. The highest BCUT2D eigenvalue weighted by molar-refractivity contribution is 5.86. The summed E-state index contributed by atoms with van der Waals surface area (Å²) in [7, 11) is 0. The number of hydrogen-bond acceptors (Lipinski definition) is 6. The number of carboxylic acids is 1. The van der Waals surface area contributed by atoms with Crippen LogP contribution in [0.25, 0.3) is 0 Å². The van der Waals surface area contributed by atoms with E-state index in [0.29, 0.717) is 0 Å². The first-order chi connectivity index (χ1) is 8.93. The molecule has 0 spiro atoms. The number of rotatable bonds is 3. The minimum Gasteiger partial charge on any atom is -0.477 e. The van der Waals surface area contributed by atoms with Crippen LogP contribution in [-0.4, -0.2) is 49.7 Å². The summed E-state index contributed by atoms with van der Waals surface area (Å²) in [5.41, 5.74) is -2.46. The van der Waals surface area contributed by atoms with Gasteiger partial charge in [0.1, 0.15) is 17.9 Å². The summed E-state index contributed by atoms with van der Waals surface area (Å²) in [6.45, 7) is -0.429. The van der Waals surface area contributed by atoms with Gasteiger partial charge in [0.15, 0.2) is 0 Å². The van der Waals surface area contributed by atoms with Crippen LogP contribution < -0.4 is 11.2 Å². The fraction of sp³-hybridized carbons (Fsp3) is 0.500. The van der Waals surface area contributed by atoms with Gasteiger partial charge in [0, 0.05) is 12.6 Å². The van der Waals surface area contributed by atoms with Crippen LogP contribution in [-0.2, 0) is 4.74 Å². The quantitative estimate of drug-likeness (QED) is 0.492. The minimum absolute atomic E-state index is 0.0102. The lowest BCUT2D eigenvalue weighted by Gasteiger charge is -2.14. The van der Waals surface area contributed by atoms with Crippen molar-refractivity contribution in [3.63, 3.8) is 0 Å². The molecule has 1 aromatic rings. The fourth-order valence-corrected chi connectivity index (χ4v) is 1.90. The molecule has 1 aliphatic heterocycles. The van der Waals surface area contributed by atoms with Crippen LogP contribution in [0.3, 0.4) is 0 Å². The van der Waals surface area contributed by atoms with Gasteiger partial charge in [-0.15, -0.1) is 0 Å². The number of carboxylic acid groups (broad SMARTS) is 1. The van der Waals surface area contributed by atoms with Gasteiger partial charge in [-0.1, -0.05) is 0 Å². The first-order valence-electron chi connectivity index (χ1n) is 5.47. The molecule has 3 atom stereocenters. The molecular formula is C10H12N2O7. The van der Waals surface area contributed by atoms with Crippen molar-refractivity contribution in [3.8, 4) is 0 Å². The predicted molar refractivity (Wildman–Crippen MR) is 59.9 cm³/mol. The number of aliphatic hydroxyl groups excluding tert-OH is 2. The predicted octanol–water partition coefficient (Wildman–Crippen LogP) is -2.12. The van der Waals surface area contributed by atoms with Crippen LogP contribution in [0.5, 0.6) is 0 Å². The first kappa shape index (κ1) is 13.5. The van der Waals surface area contributed by atoms with Crippen molar-refractivity contribution in [1.82, 2.24) is 9.55 Å². The number of aromatic amines is 1. The van der Waals surface area contributed by atoms with E-state index in [-0.39, 0.29) is 6.42 Å². The molecule has 0 radical (unpaired) electrons. The Kier molecular flexibility index (Phi) is 3.51. The molecular weight excluding hydrogens is 260 g/mol. The molecule has 1 fully saturated rings. The van der Waals surface area contributed by atoms with Crippen molar-refractivity contribution in [2.75, 3.05) is 6.61 Å². The van der Waals surface area contributed by atoms with Crippen LogP contribution in [0.1, 0.15) is 23.0 Å². The molecule has 2 heterocycles. The Labute approximate surface area is 105 Å². The first-order valence-corrected chi connectivity index (χ1v) is 5.47. The molecule has 1 unspecified atom stereocenters. The molecule has 0 aliphatic carbocycles. The lowest BCUT2D eigenvalue weighted by molar-refractivity contribution is -0.0460. The van der Waals surface area contributed by atoms with Crippen molar-refractivity contribution in [1.29, 1.82) is 0 Å². The molecule has 0 saturated carbocycles. The summed E-state index contributed by atoms with van der Waals surface area (Å²) in [5.74, 6) is -1.48. The van der Waals surface area contributed by atoms with Crippen LogP contribution in [0.4, 0.5) is 0 Å². The van der Waals surface area contributed by atoms with Crippen LogP contribution in [0.15, 0.2) is 15.8 Å². The topological polar surface area (TPSA) is 142 Å². The standard InChI is InChI=1S/C10H12N2O7/c13-3-6-5(14)1-7(19-6)12-2-4(9(16)17)8(15)11-10(12)18/h2,5-7,13-14H,1,3H2,(H,16,17)(H,11,15,18)/t5?,6-,7-/m1/s1. The highest BCUT2D eigenvalue weighted by Crippen LogP contribution is 2.27. The third-order valence-electron chi connectivity index (χ3n) is 2.89. The molecule has 2 rings (SSSR count). The van der Waals surface area contributed by atoms with Gasteiger partial charge >= 0.3 is 11.7 Å². The summed E-state index contributed by atoms with van der Waals surface area (Å²) in [5, 5.41) is 27.3. The monoisotopic (exact) mass is 272 g/mol. The third kappa shape index (κ3) is 2.43. The number of nitrogens with zero attached hydrogens (tertiary/aromatic N) is 1. The van der Waals surface area contributed by atoms with E-state index in [1.54, 1.807) is 0 Å². The number of aromatic nitrogens is 2. The van der Waals surface area contributed by atoms with Crippen LogP contribution in [0.2, 0.25) is 0 Å². The number of hydrogen-bond donors (Lipinski definition) is 4. The van der Waals surface area contributed by atoms with Gasteiger partial charge in [0.05, 0.1) is 12.7 Å². The third-order valence-corrected chi connectivity index (χ3v) is 2.89. The average molecular weight is 272 g/mol. The van der Waals surface area contributed by atoms with Gasteiger partial charge in [-0.2, -0.15) is 0 Å². The van der Waals surface area contributed by atoms with Crippen LogP contribution in [0, 0.1) is 0 Å². The molecule has 4 N–H and O–H groups in total. The van der Waals surface area contributed by atoms with E-state index in [1.807, 2.05) is 4.98 Å². The molecule has 0 amide bonds. The van der Waals surface area contributed by atoms with Gasteiger partial charge in [-0.3, -0.25) is 14.3 Å². The maximum absolute atomic E-state index is 11.6. The number of carbonyl (C=O) groups is 1. The Balaban J connectivity index is 2.41. The Morgan fingerprint density at radius 3 is 2.74 bits per heavy atom. The lowest BCUT2D eigenvalue weighted by atomic mass is 10.2. The Hall–Kier alpha value is -1.97. The van der Waals surface area contributed by atoms with Crippen molar-refractivity contribution in [3.05, 3.63) is 32.6 Å². The van der Waals surface area contributed by atoms with Crippen molar-refractivity contribution in [2.24, 2.45) is 0 Å². The number of aromatic carboxylic acids is 1. The molecule has 1 aliphatic rings. The summed E-state index contributed by atoms with van der Waals surface area (Å²) in [4.78, 5) is 35.5. The Bertz CT molecular complexity index is 605. The van der Waals surface area contributed by atoms with Gasteiger partial charge in [-0.25, -0.2) is 9.59 Å². The van der Waals surface area contributed by atoms with Gasteiger partial charge in [0.2, 0.25) is 0 Å². The highest BCUT2D eigenvalue weighted by atomic mass is 16.5. The number of H-pyrrole nitrogens is 1.